The van der Waals surface area contributed by atoms with Crippen LogP contribution in [-0.2, 0) is 9.53 Å². The van der Waals surface area contributed by atoms with Crippen LogP contribution in [0.2, 0.25) is 10.0 Å². The number of fused-ring (bicyclic) bond motifs is 1. The molecule has 3 aromatic carbocycles. The summed E-state index contributed by atoms with van der Waals surface area (Å²) in [5.74, 6) is -2.35. The number of carbonyl (C=O) groups excluding carboxylic acids is 2. The lowest BCUT2D eigenvalue weighted by atomic mass is 9.99. The number of aromatic nitrogens is 1. The van der Waals surface area contributed by atoms with Gasteiger partial charge in [-0.05, 0) is 43.3 Å². The third-order valence-electron chi connectivity index (χ3n) is 5.35. The average Bonchev–Trinajstić information content (AvgIpc) is 3.22. The van der Waals surface area contributed by atoms with Crippen LogP contribution in [0, 0.1) is 0 Å². The number of carbonyl (C=O) groups is 3. The largest absolute Gasteiger partial charge is 0.478 e. The molecule has 0 aliphatic carbocycles. The van der Waals surface area contributed by atoms with Gasteiger partial charge in [0.1, 0.15) is 5.69 Å². The minimum atomic E-state index is -1.27. The van der Waals surface area contributed by atoms with E-state index < -0.39 is 17.8 Å². The van der Waals surface area contributed by atoms with Crippen LogP contribution in [0.5, 0.6) is 0 Å². The fraction of sp³-hybridized carbons (Fsp3) is 0.0741. The Labute approximate surface area is 216 Å². The molecule has 0 saturated heterocycles. The highest BCUT2D eigenvalue weighted by Crippen LogP contribution is 2.36. The Morgan fingerprint density at radius 1 is 1.03 bits per heavy atom. The summed E-state index contributed by atoms with van der Waals surface area (Å²) in [6.07, 6.45) is 1.33. The maximum Gasteiger partial charge on any atom is 0.355 e. The molecule has 0 fully saturated rings. The van der Waals surface area contributed by atoms with E-state index in [0.717, 1.165) is 0 Å². The number of amides is 1. The van der Waals surface area contributed by atoms with Crippen molar-refractivity contribution in [3.63, 3.8) is 0 Å². The fourth-order valence-electron chi connectivity index (χ4n) is 3.79. The summed E-state index contributed by atoms with van der Waals surface area (Å²) < 4.78 is 5.16. The van der Waals surface area contributed by atoms with E-state index in [9.17, 15) is 19.5 Å². The van der Waals surface area contributed by atoms with E-state index >= 15 is 0 Å². The topological polar surface area (TPSA) is 108 Å². The Kier molecular flexibility index (Phi) is 7.43. The molecular weight excluding hydrogens is 503 g/mol. The van der Waals surface area contributed by atoms with Crippen molar-refractivity contribution in [3.05, 3.63) is 99.2 Å². The summed E-state index contributed by atoms with van der Waals surface area (Å²) in [5, 5.41) is 13.9. The Bertz CT molecular complexity index is 1510. The van der Waals surface area contributed by atoms with Gasteiger partial charge in [0.05, 0.1) is 17.2 Å². The molecule has 9 heteroatoms. The molecule has 7 nitrogen and oxygen atoms in total. The lowest BCUT2D eigenvalue weighted by Gasteiger charge is -2.12. The number of carboxylic acids is 1. The molecule has 1 aromatic heterocycles. The highest BCUT2D eigenvalue weighted by Gasteiger charge is 2.23. The normalized spacial score (nSPS) is 11.4. The number of ether oxygens (including phenoxy) is 1. The number of nitrogens with one attached hydrogen (secondary N) is 2. The summed E-state index contributed by atoms with van der Waals surface area (Å²) >= 11 is 12.6. The molecule has 0 radical (unpaired) electrons. The van der Waals surface area contributed by atoms with Crippen LogP contribution in [0.1, 0.15) is 38.9 Å². The van der Waals surface area contributed by atoms with Gasteiger partial charge < -0.3 is 20.1 Å². The fourth-order valence-corrected chi connectivity index (χ4v) is 4.39. The van der Waals surface area contributed by atoms with Gasteiger partial charge in [-0.15, -0.1) is 0 Å². The number of benzene rings is 3. The third-order valence-corrected chi connectivity index (χ3v) is 5.87. The average molecular weight is 523 g/mol. The molecule has 0 aliphatic rings. The van der Waals surface area contributed by atoms with Gasteiger partial charge in [-0.2, -0.15) is 0 Å². The molecule has 0 aliphatic heterocycles. The zero-order chi connectivity index (χ0) is 25.8. The quantitative estimate of drug-likeness (QED) is 0.189. The summed E-state index contributed by atoms with van der Waals surface area (Å²) in [6.45, 7) is 1.78. The summed E-state index contributed by atoms with van der Waals surface area (Å²) in [5.41, 5.74) is 1.47. The second-order valence-corrected chi connectivity index (χ2v) is 8.52. The van der Waals surface area contributed by atoms with Gasteiger partial charge in [0, 0.05) is 38.3 Å². The van der Waals surface area contributed by atoms with Gasteiger partial charge in [0.15, 0.2) is 0 Å². The minimum Gasteiger partial charge on any atom is -0.478 e. The molecule has 1 amide bonds. The summed E-state index contributed by atoms with van der Waals surface area (Å²) in [6, 6.07) is 18.1. The van der Waals surface area contributed by atoms with Crippen LogP contribution in [-0.4, -0.2) is 34.5 Å². The predicted molar refractivity (Wildman–Crippen MR) is 141 cm³/mol. The van der Waals surface area contributed by atoms with E-state index in [-0.39, 0.29) is 39.7 Å². The summed E-state index contributed by atoms with van der Waals surface area (Å²) in [7, 11) is 0. The highest BCUT2D eigenvalue weighted by atomic mass is 35.5. The SMILES string of the molecule is CCOC(=O)c1[nH]c2cc(Cl)cc(Cl)c2c1/C=C(/C(=O)O)c1ccccc1NC(=O)c1ccccc1. The first kappa shape index (κ1) is 25.0. The number of hydrogen-bond donors (Lipinski definition) is 3. The van der Waals surface area contributed by atoms with Gasteiger partial charge in [-0.25, -0.2) is 9.59 Å². The van der Waals surface area contributed by atoms with E-state index in [1.54, 1.807) is 67.6 Å². The lowest BCUT2D eigenvalue weighted by Crippen LogP contribution is -2.14. The van der Waals surface area contributed by atoms with E-state index in [1.165, 1.54) is 12.1 Å². The van der Waals surface area contributed by atoms with Crippen molar-refractivity contribution in [3.8, 4) is 0 Å². The second-order valence-electron chi connectivity index (χ2n) is 7.67. The smallest absolute Gasteiger partial charge is 0.355 e. The predicted octanol–water partition coefficient (Wildman–Crippen LogP) is 6.53. The van der Waals surface area contributed by atoms with Crippen LogP contribution in [0.4, 0.5) is 5.69 Å². The number of para-hydroxylation sites is 1. The summed E-state index contributed by atoms with van der Waals surface area (Å²) in [4.78, 5) is 40.9. The van der Waals surface area contributed by atoms with Gasteiger partial charge in [0.25, 0.3) is 5.91 Å². The maximum absolute atomic E-state index is 12.8. The molecule has 0 bridgehead atoms. The van der Waals surface area contributed by atoms with E-state index in [2.05, 4.69) is 10.3 Å². The number of aromatic amines is 1. The molecule has 1 heterocycles. The number of hydrogen-bond acceptors (Lipinski definition) is 4. The molecule has 0 unspecified atom stereocenters. The molecule has 4 aromatic rings. The van der Waals surface area contributed by atoms with Crippen molar-refractivity contribution >= 4 is 69.3 Å². The number of H-pyrrole nitrogens is 1. The van der Waals surface area contributed by atoms with Crippen molar-refractivity contribution < 1.29 is 24.2 Å². The van der Waals surface area contributed by atoms with Crippen LogP contribution < -0.4 is 5.32 Å². The van der Waals surface area contributed by atoms with Gasteiger partial charge >= 0.3 is 11.9 Å². The molecule has 36 heavy (non-hydrogen) atoms. The zero-order valence-electron chi connectivity index (χ0n) is 19.0. The van der Waals surface area contributed by atoms with E-state index in [1.807, 2.05) is 0 Å². The van der Waals surface area contributed by atoms with Crippen molar-refractivity contribution in [2.45, 2.75) is 6.92 Å². The standard InChI is InChI=1S/C27H20Cl2N2O5/c1-2-36-27(35)24-19(23-20(29)12-16(28)13-22(23)30-24)14-18(26(33)34)17-10-6-7-11-21(17)31-25(32)15-8-4-3-5-9-15/h3-14,30H,2H2,1H3,(H,31,32)(H,33,34)/b18-14+. The molecule has 0 atom stereocenters. The third kappa shape index (κ3) is 5.12. The number of aliphatic carboxylic acids is 1. The molecule has 0 spiro atoms. The molecule has 182 valence electrons. The Balaban J connectivity index is 1.89. The highest BCUT2D eigenvalue weighted by molar-refractivity contribution is 6.39. The second kappa shape index (κ2) is 10.7. The van der Waals surface area contributed by atoms with E-state index in [4.69, 9.17) is 27.9 Å². The van der Waals surface area contributed by atoms with Gasteiger partial charge in [-0.3, -0.25) is 4.79 Å². The first-order valence-corrected chi connectivity index (χ1v) is 11.6. The Morgan fingerprint density at radius 2 is 1.72 bits per heavy atom. The monoisotopic (exact) mass is 522 g/mol. The molecule has 3 N–H and O–H groups in total. The van der Waals surface area contributed by atoms with Crippen LogP contribution >= 0.6 is 23.2 Å². The van der Waals surface area contributed by atoms with E-state index in [0.29, 0.717) is 21.5 Å². The van der Waals surface area contributed by atoms with Gasteiger partial charge in [-0.1, -0.05) is 59.6 Å². The van der Waals surface area contributed by atoms with Crippen LogP contribution in [0.15, 0.2) is 66.7 Å². The molecular formula is C27H20Cl2N2O5. The Morgan fingerprint density at radius 3 is 2.42 bits per heavy atom. The maximum atomic E-state index is 12.8. The Hall–Kier alpha value is -4.07. The minimum absolute atomic E-state index is 0.0283. The van der Waals surface area contributed by atoms with Crippen molar-refractivity contribution in [1.29, 1.82) is 0 Å². The van der Waals surface area contributed by atoms with Crippen LogP contribution in [0.3, 0.4) is 0 Å². The first-order chi connectivity index (χ1) is 17.3. The first-order valence-electron chi connectivity index (χ1n) is 10.9. The number of halogens is 2. The number of carboxylic acid groups (broad SMARTS) is 1. The number of rotatable bonds is 7. The van der Waals surface area contributed by atoms with Crippen molar-refractivity contribution in [1.82, 2.24) is 4.98 Å². The number of esters is 1. The molecule has 4 rings (SSSR count). The zero-order valence-corrected chi connectivity index (χ0v) is 20.5. The van der Waals surface area contributed by atoms with Gasteiger partial charge in [0.2, 0.25) is 0 Å². The molecule has 0 saturated carbocycles. The lowest BCUT2D eigenvalue weighted by molar-refractivity contribution is -0.130. The van der Waals surface area contributed by atoms with Crippen LogP contribution in [0.25, 0.3) is 22.6 Å². The van der Waals surface area contributed by atoms with Crippen molar-refractivity contribution in [2.24, 2.45) is 0 Å². The van der Waals surface area contributed by atoms with Crippen molar-refractivity contribution in [2.75, 3.05) is 11.9 Å². The number of anilines is 1.